The summed E-state index contributed by atoms with van der Waals surface area (Å²) in [6, 6.07) is 5.29. The van der Waals surface area contributed by atoms with E-state index in [1.807, 2.05) is 6.92 Å². The van der Waals surface area contributed by atoms with E-state index < -0.39 is 5.97 Å². The predicted octanol–water partition coefficient (Wildman–Crippen LogP) is 3.72. The number of rotatable bonds is 7. The zero-order valence-corrected chi connectivity index (χ0v) is 17.9. The first-order chi connectivity index (χ1) is 13.8. The van der Waals surface area contributed by atoms with Crippen LogP contribution in [0, 0.1) is 11.3 Å². The average Bonchev–Trinajstić information content (AvgIpc) is 3.14. The highest BCUT2D eigenvalue weighted by Gasteiger charge is 2.32. The summed E-state index contributed by atoms with van der Waals surface area (Å²) in [4.78, 5) is 24.5. The molecule has 1 aromatic heterocycles. The number of hydrogen-bond donors (Lipinski definition) is 1. The normalized spacial score (nSPS) is 19.9. The highest BCUT2D eigenvalue weighted by Crippen LogP contribution is 2.40. The molecule has 0 spiro atoms. The van der Waals surface area contributed by atoms with Crippen molar-refractivity contribution in [2.45, 2.75) is 72.4 Å². The molecule has 1 saturated carbocycles. The van der Waals surface area contributed by atoms with E-state index in [-0.39, 0.29) is 18.6 Å². The molecule has 7 heteroatoms. The van der Waals surface area contributed by atoms with E-state index in [4.69, 9.17) is 4.74 Å². The van der Waals surface area contributed by atoms with Gasteiger partial charge in [-0.25, -0.2) is 9.48 Å². The second-order valence-corrected chi connectivity index (χ2v) is 8.64. The second-order valence-electron chi connectivity index (χ2n) is 8.64. The molecule has 1 heterocycles. The summed E-state index contributed by atoms with van der Waals surface area (Å²) < 4.78 is 6.96. The van der Waals surface area contributed by atoms with E-state index in [0.717, 1.165) is 31.2 Å². The van der Waals surface area contributed by atoms with Gasteiger partial charge in [-0.05, 0) is 62.1 Å². The van der Waals surface area contributed by atoms with Crippen molar-refractivity contribution >= 4 is 22.9 Å². The van der Waals surface area contributed by atoms with Gasteiger partial charge >= 0.3 is 5.97 Å². The third-order valence-electron chi connectivity index (χ3n) is 6.49. The van der Waals surface area contributed by atoms with Crippen molar-refractivity contribution in [3.8, 4) is 0 Å². The third kappa shape index (κ3) is 4.95. The molecule has 7 nitrogen and oxygen atoms in total. The Morgan fingerprint density at radius 3 is 2.59 bits per heavy atom. The van der Waals surface area contributed by atoms with Crippen LogP contribution in [-0.2, 0) is 16.1 Å². The first-order valence-corrected chi connectivity index (χ1v) is 10.6. The number of aryl methyl sites for hydroxylation is 1. The van der Waals surface area contributed by atoms with Crippen LogP contribution in [0.4, 0.5) is 0 Å². The summed E-state index contributed by atoms with van der Waals surface area (Å²) >= 11 is 0. The minimum Gasteiger partial charge on any atom is -0.452 e. The maximum Gasteiger partial charge on any atom is 0.338 e. The van der Waals surface area contributed by atoms with Crippen molar-refractivity contribution in [1.29, 1.82) is 0 Å². The number of carbonyl (C=O) groups is 2. The van der Waals surface area contributed by atoms with E-state index in [1.165, 1.54) is 6.42 Å². The van der Waals surface area contributed by atoms with Gasteiger partial charge in [-0.2, -0.15) is 0 Å². The average molecular weight is 401 g/mol. The van der Waals surface area contributed by atoms with E-state index in [0.29, 0.717) is 29.0 Å². The molecule has 1 aliphatic carbocycles. The minimum absolute atomic E-state index is 0.172. The molecule has 1 amide bonds. The van der Waals surface area contributed by atoms with Crippen molar-refractivity contribution in [2.24, 2.45) is 11.3 Å². The molecule has 3 rings (SSSR count). The van der Waals surface area contributed by atoms with Gasteiger partial charge in [0.15, 0.2) is 6.61 Å². The maximum absolute atomic E-state index is 12.3. The lowest BCUT2D eigenvalue weighted by Crippen LogP contribution is -2.41. The lowest BCUT2D eigenvalue weighted by molar-refractivity contribution is -0.125. The molecule has 0 radical (unpaired) electrons. The number of nitrogens with one attached hydrogen (secondary N) is 1. The third-order valence-corrected chi connectivity index (χ3v) is 6.49. The van der Waals surface area contributed by atoms with Gasteiger partial charge in [0.1, 0.15) is 5.52 Å². The summed E-state index contributed by atoms with van der Waals surface area (Å²) in [5, 5.41) is 11.1. The van der Waals surface area contributed by atoms with Crippen molar-refractivity contribution in [2.75, 3.05) is 6.61 Å². The number of amides is 1. The van der Waals surface area contributed by atoms with Crippen LogP contribution in [0.15, 0.2) is 18.2 Å². The first kappa shape index (κ1) is 21.3. The van der Waals surface area contributed by atoms with E-state index in [2.05, 4.69) is 36.4 Å². The molecular formula is C22H32N4O3. The summed E-state index contributed by atoms with van der Waals surface area (Å²) in [6.07, 6.45) is 5.40. The van der Waals surface area contributed by atoms with Gasteiger partial charge in [-0.1, -0.05) is 32.4 Å². The number of nitrogens with zero attached hydrogens (tertiary/aromatic N) is 3. The number of fused-ring (bicyclic) bond motifs is 1. The van der Waals surface area contributed by atoms with Gasteiger partial charge in [0.2, 0.25) is 0 Å². The van der Waals surface area contributed by atoms with Crippen LogP contribution in [-0.4, -0.2) is 39.5 Å². The van der Waals surface area contributed by atoms with Crippen LogP contribution in [0.5, 0.6) is 0 Å². The SMILES string of the molecule is CCn1nnc2cc(C(=O)OCC(=O)NC3CCC(C(C)(C)CC)CC3)ccc21. The highest BCUT2D eigenvalue weighted by molar-refractivity contribution is 5.94. The molecule has 0 bridgehead atoms. The zero-order valence-electron chi connectivity index (χ0n) is 17.9. The molecule has 2 aromatic rings. The van der Waals surface area contributed by atoms with Gasteiger partial charge in [0.25, 0.3) is 5.91 Å². The molecule has 29 heavy (non-hydrogen) atoms. The zero-order chi connectivity index (χ0) is 21.0. The maximum atomic E-state index is 12.3. The molecule has 158 valence electrons. The van der Waals surface area contributed by atoms with E-state index in [9.17, 15) is 9.59 Å². The van der Waals surface area contributed by atoms with Crippen LogP contribution in [0.1, 0.15) is 70.2 Å². The smallest absolute Gasteiger partial charge is 0.338 e. The van der Waals surface area contributed by atoms with Crippen molar-refractivity contribution in [1.82, 2.24) is 20.3 Å². The molecule has 0 saturated heterocycles. The van der Waals surface area contributed by atoms with Crippen LogP contribution < -0.4 is 5.32 Å². The summed E-state index contributed by atoms with van der Waals surface area (Å²) in [5.41, 5.74) is 2.23. The van der Waals surface area contributed by atoms with Gasteiger partial charge < -0.3 is 10.1 Å². The highest BCUT2D eigenvalue weighted by atomic mass is 16.5. The topological polar surface area (TPSA) is 86.1 Å². The van der Waals surface area contributed by atoms with Crippen LogP contribution in [0.3, 0.4) is 0 Å². The van der Waals surface area contributed by atoms with Crippen LogP contribution >= 0.6 is 0 Å². The minimum atomic E-state index is -0.526. The predicted molar refractivity (Wildman–Crippen MR) is 111 cm³/mol. The Labute approximate surface area is 172 Å². The fourth-order valence-electron chi connectivity index (χ4n) is 4.12. The summed E-state index contributed by atoms with van der Waals surface area (Å²) in [6.45, 7) is 9.32. The Morgan fingerprint density at radius 2 is 1.93 bits per heavy atom. The summed E-state index contributed by atoms with van der Waals surface area (Å²) in [7, 11) is 0. The monoisotopic (exact) mass is 400 g/mol. The lowest BCUT2D eigenvalue weighted by atomic mass is 9.69. The fraction of sp³-hybridized carbons (Fsp3) is 0.636. The van der Waals surface area contributed by atoms with Crippen LogP contribution in [0.25, 0.3) is 11.0 Å². The quantitative estimate of drug-likeness (QED) is 0.716. The fourth-order valence-corrected chi connectivity index (χ4v) is 4.12. The van der Waals surface area contributed by atoms with E-state index in [1.54, 1.807) is 22.9 Å². The van der Waals surface area contributed by atoms with Crippen LogP contribution in [0.2, 0.25) is 0 Å². The molecule has 1 N–H and O–H groups in total. The van der Waals surface area contributed by atoms with Gasteiger partial charge in [0.05, 0.1) is 11.1 Å². The van der Waals surface area contributed by atoms with Gasteiger partial charge in [0, 0.05) is 12.6 Å². The molecule has 0 unspecified atom stereocenters. The van der Waals surface area contributed by atoms with Crippen molar-refractivity contribution < 1.29 is 14.3 Å². The van der Waals surface area contributed by atoms with Crippen molar-refractivity contribution in [3.05, 3.63) is 23.8 Å². The van der Waals surface area contributed by atoms with E-state index >= 15 is 0 Å². The number of carbonyl (C=O) groups excluding carboxylic acids is 2. The largest absolute Gasteiger partial charge is 0.452 e. The Kier molecular flexibility index (Phi) is 6.55. The molecule has 1 fully saturated rings. The Morgan fingerprint density at radius 1 is 1.21 bits per heavy atom. The molecule has 1 aromatic carbocycles. The number of benzene rings is 1. The number of aromatic nitrogens is 3. The van der Waals surface area contributed by atoms with Gasteiger partial charge in [-0.15, -0.1) is 5.10 Å². The molecule has 0 aliphatic heterocycles. The first-order valence-electron chi connectivity index (χ1n) is 10.6. The Bertz CT molecular complexity index is 866. The number of hydrogen-bond acceptors (Lipinski definition) is 5. The molecule has 1 aliphatic rings. The lowest BCUT2D eigenvalue weighted by Gasteiger charge is -2.39. The molecule has 0 atom stereocenters. The number of ether oxygens (including phenoxy) is 1. The Hall–Kier alpha value is -2.44. The van der Waals surface area contributed by atoms with Gasteiger partial charge in [-0.3, -0.25) is 4.79 Å². The Balaban J connectivity index is 1.46. The molecular weight excluding hydrogens is 368 g/mol. The standard InChI is InChI=1S/C22H32N4O3/c1-5-22(3,4)16-8-10-17(11-9-16)23-20(27)14-29-21(28)15-7-12-19-18(13-15)24-25-26(19)6-2/h7,12-13,16-17H,5-6,8-11,14H2,1-4H3,(H,23,27). The van der Waals surface area contributed by atoms with Crippen molar-refractivity contribution in [3.63, 3.8) is 0 Å². The second kappa shape index (κ2) is 8.93. The number of esters is 1. The summed E-state index contributed by atoms with van der Waals surface area (Å²) in [5.74, 6) is -0.0601.